The maximum atomic E-state index is 13.5. The molecule has 3 aromatic heterocycles. The van der Waals surface area contributed by atoms with E-state index in [2.05, 4.69) is 21.7 Å². The molecule has 1 amide bonds. The molecular weight excluding hydrogens is 402 g/mol. The highest BCUT2D eigenvalue weighted by Crippen LogP contribution is 2.48. The van der Waals surface area contributed by atoms with Crippen LogP contribution in [0.15, 0.2) is 30.6 Å². The summed E-state index contributed by atoms with van der Waals surface area (Å²) in [6, 6.07) is 7.91. The number of carbonyl (C=O) groups is 1. The molecule has 0 saturated heterocycles. The lowest BCUT2D eigenvalue weighted by molar-refractivity contribution is 0.0996. The van der Waals surface area contributed by atoms with Crippen molar-refractivity contribution in [2.45, 2.75) is 70.0 Å². The number of aromatic nitrogens is 5. The summed E-state index contributed by atoms with van der Waals surface area (Å²) in [5.74, 6) is 1.32. The zero-order valence-corrected chi connectivity index (χ0v) is 18.5. The summed E-state index contributed by atoms with van der Waals surface area (Å²) >= 11 is 0. The second kappa shape index (κ2) is 6.93. The van der Waals surface area contributed by atoms with Crippen LogP contribution in [0.5, 0.6) is 0 Å². The Labute approximate surface area is 186 Å². The van der Waals surface area contributed by atoms with E-state index in [0.717, 1.165) is 54.2 Å². The molecule has 0 bridgehead atoms. The monoisotopic (exact) mass is 429 g/mol. The van der Waals surface area contributed by atoms with Gasteiger partial charge in [0, 0.05) is 34.3 Å². The normalized spacial score (nSPS) is 20.2. The van der Waals surface area contributed by atoms with Crippen LogP contribution >= 0.6 is 0 Å². The smallest absolute Gasteiger partial charge is 0.260 e. The van der Waals surface area contributed by atoms with Crippen molar-refractivity contribution in [3.63, 3.8) is 0 Å². The van der Waals surface area contributed by atoms with Crippen molar-refractivity contribution in [3.8, 4) is 11.5 Å². The van der Waals surface area contributed by atoms with Crippen LogP contribution in [-0.2, 0) is 12.0 Å². The number of anilines is 1. The quantitative estimate of drug-likeness (QED) is 0.663. The Morgan fingerprint density at radius 1 is 1.22 bits per heavy atom. The van der Waals surface area contributed by atoms with Crippen LogP contribution in [0.2, 0.25) is 0 Å². The topological polar surface area (TPSA) is 103 Å². The highest BCUT2D eigenvalue weighted by Gasteiger charge is 2.43. The van der Waals surface area contributed by atoms with E-state index in [9.17, 15) is 4.79 Å². The molecule has 8 nitrogen and oxygen atoms in total. The van der Waals surface area contributed by atoms with Crippen molar-refractivity contribution < 1.29 is 4.79 Å². The van der Waals surface area contributed by atoms with E-state index < -0.39 is 0 Å². The Kier molecular flexibility index (Phi) is 4.24. The van der Waals surface area contributed by atoms with Crippen molar-refractivity contribution in [3.05, 3.63) is 53.1 Å². The number of fused-ring (bicyclic) bond motifs is 1. The summed E-state index contributed by atoms with van der Waals surface area (Å²) in [6.07, 6.45) is 7.48. The number of amides is 1. The van der Waals surface area contributed by atoms with E-state index in [-0.39, 0.29) is 17.4 Å². The van der Waals surface area contributed by atoms with Gasteiger partial charge in [-0.25, -0.2) is 4.98 Å². The minimum Gasteiger partial charge on any atom is -0.323 e. The molecule has 3 aliphatic rings. The standard InChI is InChI=1S/C24H27N7O/c1-14(25)21-17-12-30(23(32)16(17)11-19(28-21)24(2)9-10-24)20-8-4-7-18(27-20)22-29-26-13-31(22)15-5-3-6-15/h4,7-8,11,13-15H,3,5-6,9-10,12,25H2,1-2H3. The minimum atomic E-state index is -0.237. The van der Waals surface area contributed by atoms with Crippen LogP contribution in [0.4, 0.5) is 5.82 Å². The predicted molar refractivity (Wildman–Crippen MR) is 120 cm³/mol. The summed E-state index contributed by atoms with van der Waals surface area (Å²) in [5, 5.41) is 8.43. The van der Waals surface area contributed by atoms with Crippen molar-refractivity contribution >= 4 is 11.7 Å². The third kappa shape index (κ3) is 2.97. The molecule has 4 heterocycles. The zero-order valence-electron chi connectivity index (χ0n) is 18.5. The molecule has 0 radical (unpaired) electrons. The van der Waals surface area contributed by atoms with Crippen molar-refractivity contribution in [1.82, 2.24) is 24.7 Å². The fourth-order valence-corrected chi connectivity index (χ4v) is 4.69. The molecule has 6 rings (SSSR count). The molecule has 2 aliphatic carbocycles. The van der Waals surface area contributed by atoms with E-state index in [1.807, 2.05) is 31.2 Å². The average Bonchev–Trinajstić information content (AvgIpc) is 3.17. The van der Waals surface area contributed by atoms with Crippen molar-refractivity contribution in [2.75, 3.05) is 4.90 Å². The van der Waals surface area contributed by atoms with Gasteiger partial charge in [-0.2, -0.15) is 0 Å². The predicted octanol–water partition coefficient (Wildman–Crippen LogP) is 3.69. The molecule has 2 fully saturated rings. The van der Waals surface area contributed by atoms with Crippen molar-refractivity contribution in [2.24, 2.45) is 5.73 Å². The molecule has 0 aromatic carbocycles. The molecule has 3 aromatic rings. The lowest BCUT2D eigenvalue weighted by Gasteiger charge is -2.27. The molecule has 1 unspecified atom stereocenters. The van der Waals surface area contributed by atoms with Crippen LogP contribution in [-0.4, -0.2) is 30.6 Å². The summed E-state index contributed by atoms with van der Waals surface area (Å²) in [5.41, 5.74) is 10.5. The number of nitrogens with two attached hydrogens (primary N) is 1. The summed E-state index contributed by atoms with van der Waals surface area (Å²) < 4.78 is 2.11. The minimum absolute atomic E-state index is 0.0418. The van der Waals surface area contributed by atoms with Gasteiger partial charge in [-0.05, 0) is 57.2 Å². The molecule has 164 valence electrons. The summed E-state index contributed by atoms with van der Waals surface area (Å²) in [7, 11) is 0. The number of hydrogen-bond acceptors (Lipinski definition) is 6. The van der Waals surface area contributed by atoms with Gasteiger partial charge < -0.3 is 10.3 Å². The van der Waals surface area contributed by atoms with Gasteiger partial charge in [0.25, 0.3) is 5.91 Å². The third-order valence-corrected chi connectivity index (χ3v) is 7.28. The second-order valence-corrected chi connectivity index (χ2v) is 9.69. The van der Waals surface area contributed by atoms with Gasteiger partial charge in [0.1, 0.15) is 17.8 Å². The number of rotatable bonds is 5. The first-order valence-electron chi connectivity index (χ1n) is 11.4. The van der Waals surface area contributed by atoms with Gasteiger partial charge in [0.2, 0.25) is 0 Å². The van der Waals surface area contributed by atoms with Gasteiger partial charge in [0.15, 0.2) is 5.82 Å². The first-order valence-corrected chi connectivity index (χ1v) is 11.4. The fourth-order valence-electron chi connectivity index (χ4n) is 4.69. The number of pyridine rings is 2. The van der Waals surface area contributed by atoms with E-state index in [4.69, 9.17) is 15.7 Å². The largest absolute Gasteiger partial charge is 0.323 e. The van der Waals surface area contributed by atoms with E-state index in [1.165, 1.54) is 6.42 Å². The maximum Gasteiger partial charge on any atom is 0.260 e. The van der Waals surface area contributed by atoms with Gasteiger partial charge in [-0.3, -0.25) is 14.7 Å². The molecule has 32 heavy (non-hydrogen) atoms. The molecule has 8 heteroatoms. The van der Waals surface area contributed by atoms with E-state index in [0.29, 0.717) is 24.0 Å². The van der Waals surface area contributed by atoms with Gasteiger partial charge in [-0.15, -0.1) is 10.2 Å². The number of hydrogen-bond donors (Lipinski definition) is 1. The van der Waals surface area contributed by atoms with Crippen molar-refractivity contribution in [1.29, 1.82) is 0 Å². The fraction of sp³-hybridized carbons (Fsp3) is 0.458. The van der Waals surface area contributed by atoms with Crippen LogP contribution in [0.1, 0.15) is 85.3 Å². The Bertz CT molecular complexity index is 1220. The third-order valence-electron chi connectivity index (χ3n) is 7.28. The Morgan fingerprint density at radius 2 is 2.03 bits per heavy atom. The molecule has 1 atom stereocenters. The van der Waals surface area contributed by atoms with Crippen LogP contribution in [0.25, 0.3) is 11.5 Å². The highest BCUT2D eigenvalue weighted by molar-refractivity contribution is 6.10. The summed E-state index contributed by atoms with van der Waals surface area (Å²) in [4.78, 5) is 24.9. The molecule has 2 N–H and O–H groups in total. The average molecular weight is 430 g/mol. The summed E-state index contributed by atoms with van der Waals surface area (Å²) in [6.45, 7) is 4.56. The molecule has 1 aliphatic heterocycles. The Morgan fingerprint density at radius 3 is 2.72 bits per heavy atom. The second-order valence-electron chi connectivity index (χ2n) is 9.69. The highest BCUT2D eigenvalue weighted by atomic mass is 16.2. The van der Waals surface area contributed by atoms with Crippen LogP contribution in [0.3, 0.4) is 0 Å². The van der Waals surface area contributed by atoms with Crippen LogP contribution in [0, 0.1) is 0 Å². The first kappa shape index (κ1) is 19.5. The van der Waals surface area contributed by atoms with Gasteiger partial charge in [-0.1, -0.05) is 13.0 Å². The molecule has 0 spiro atoms. The lowest BCUT2D eigenvalue weighted by Crippen LogP contribution is -2.24. The zero-order chi connectivity index (χ0) is 22.0. The number of carbonyl (C=O) groups excluding carboxylic acids is 1. The van der Waals surface area contributed by atoms with E-state index >= 15 is 0 Å². The Balaban J connectivity index is 1.37. The Hall–Kier alpha value is -3.13. The van der Waals surface area contributed by atoms with E-state index in [1.54, 1.807) is 11.2 Å². The maximum absolute atomic E-state index is 13.5. The SMILES string of the molecule is CC(N)c1nc(C2(C)CC2)cc2c1CN(c1cccc(-c3nncn3C3CCC3)n1)C2=O. The van der Waals surface area contributed by atoms with Crippen LogP contribution < -0.4 is 10.6 Å². The van der Waals surface area contributed by atoms with Gasteiger partial charge in [0.05, 0.1) is 12.2 Å². The first-order chi connectivity index (χ1) is 15.4. The lowest BCUT2D eigenvalue weighted by atomic mass is 9.93. The molecule has 2 saturated carbocycles. The van der Waals surface area contributed by atoms with Gasteiger partial charge >= 0.3 is 0 Å². The molecular formula is C24H27N7O. The number of nitrogens with zero attached hydrogens (tertiary/aromatic N) is 6.